The lowest BCUT2D eigenvalue weighted by Gasteiger charge is -2.36. The summed E-state index contributed by atoms with van der Waals surface area (Å²) >= 11 is 0. The van der Waals surface area contributed by atoms with Gasteiger partial charge in [0, 0.05) is 31.7 Å². The number of para-hydroxylation sites is 1. The van der Waals surface area contributed by atoms with Crippen molar-refractivity contribution in [2.24, 2.45) is 4.40 Å². The number of carbonyl (C=O) groups excluding carboxylic acids is 1. The Morgan fingerprint density at radius 2 is 1.69 bits per heavy atom. The van der Waals surface area contributed by atoms with Crippen LogP contribution in [0.15, 0.2) is 51.8 Å². The molecule has 2 aromatic rings. The summed E-state index contributed by atoms with van der Waals surface area (Å²) in [6.07, 6.45) is 0. The number of carbonyl (C=O) groups is 1. The highest BCUT2D eigenvalue weighted by molar-refractivity contribution is 7.90. The Kier molecular flexibility index (Phi) is 4.91. The second kappa shape index (κ2) is 7.40. The van der Waals surface area contributed by atoms with E-state index in [2.05, 4.69) is 4.40 Å². The van der Waals surface area contributed by atoms with Gasteiger partial charge in [-0.05, 0) is 24.3 Å². The second-order valence-corrected chi connectivity index (χ2v) is 8.28. The Labute approximate surface area is 169 Å². The van der Waals surface area contributed by atoms with Crippen molar-refractivity contribution < 1.29 is 22.7 Å². The van der Waals surface area contributed by atoms with Gasteiger partial charge in [0.2, 0.25) is 0 Å². The van der Waals surface area contributed by atoms with Gasteiger partial charge in [0.15, 0.2) is 17.3 Å². The maximum atomic E-state index is 13.0. The van der Waals surface area contributed by atoms with Gasteiger partial charge in [-0.15, -0.1) is 4.40 Å². The van der Waals surface area contributed by atoms with E-state index in [1.54, 1.807) is 47.4 Å². The minimum absolute atomic E-state index is 0.151. The van der Waals surface area contributed by atoms with Crippen molar-refractivity contribution in [3.63, 3.8) is 0 Å². The summed E-state index contributed by atoms with van der Waals surface area (Å²) in [4.78, 5) is 16.9. The third-order valence-corrected chi connectivity index (χ3v) is 6.44. The van der Waals surface area contributed by atoms with Crippen molar-refractivity contribution in [1.29, 1.82) is 0 Å². The first-order valence-electron chi connectivity index (χ1n) is 9.16. The number of fused-ring (bicyclic) bond motifs is 1. The van der Waals surface area contributed by atoms with Gasteiger partial charge in [-0.3, -0.25) is 4.79 Å². The molecule has 9 heteroatoms. The van der Waals surface area contributed by atoms with E-state index in [0.717, 1.165) is 0 Å². The Morgan fingerprint density at radius 3 is 2.38 bits per heavy atom. The second-order valence-electron chi connectivity index (χ2n) is 6.71. The molecule has 152 valence electrons. The molecule has 2 aliphatic rings. The Bertz CT molecular complexity index is 1090. The summed E-state index contributed by atoms with van der Waals surface area (Å²) in [6, 6.07) is 12.0. The molecule has 2 aromatic carbocycles. The molecular weight excluding hydrogens is 394 g/mol. The van der Waals surface area contributed by atoms with Crippen molar-refractivity contribution >= 4 is 21.8 Å². The van der Waals surface area contributed by atoms with Crippen LogP contribution < -0.4 is 9.47 Å². The van der Waals surface area contributed by atoms with Crippen LogP contribution in [-0.4, -0.2) is 70.4 Å². The highest BCUT2D eigenvalue weighted by atomic mass is 32.2. The van der Waals surface area contributed by atoms with Gasteiger partial charge in [-0.2, -0.15) is 8.42 Å². The molecule has 0 spiro atoms. The largest absolute Gasteiger partial charge is 0.493 e. The van der Waals surface area contributed by atoms with Crippen molar-refractivity contribution in [2.75, 3.05) is 40.4 Å². The van der Waals surface area contributed by atoms with E-state index in [1.807, 2.05) is 4.90 Å². The molecule has 1 amide bonds. The van der Waals surface area contributed by atoms with Gasteiger partial charge in [0.25, 0.3) is 15.9 Å². The molecule has 0 unspecified atom stereocenters. The lowest BCUT2D eigenvalue weighted by molar-refractivity contribution is 0.0688. The Hall–Kier alpha value is -3.07. The number of rotatable bonds is 3. The number of hydrogen-bond acceptors (Lipinski definition) is 6. The summed E-state index contributed by atoms with van der Waals surface area (Å²) in [6.45, 7) is 1.86. The summed E-state index contributed by atoms with van der Waals surface area (Å²) in [7, 11) is -0.629. The van der Waals surface area contributed by atoms with Gasteiger partial charge in [-0.25, -0.2) is 0 Å². The highest BCUT2D eigenvalue weighted by Crippen LogP contribution is 2.32. The minimum atomic E-state index is -3.66. The Morgan fingerprint density at radius 1 is 0.966 bits per heavy atom. The van der Waals surface area contributed by atoms with Crippen LogP contribution in [0, 0.1) is 0 Å². The fourth-order valence-corrected chi connectivity index (χ4v) is 4.89. The SMILES string of the molecule is COc1cccc(C(=O)N2CCN(C3=NS(=O)(=O)c4ccccc43)CC2)c1OC. The number of amides is 1. The molecule has 4 rings (SSSR count). The average molecular weight is 415 g/mol. The van der Waals surface area contributed by atoms with E-state index in [4.69, 9.17) is 9.47 Å². The monoisotopic (exact) mass is 415 g/mol. The molecule has 29 heavy (non-hydrogen) atoms. The highest BCUT2D eigenvalue weighted by Gasteiger charge is 2.34. The van der Waals surface area contributed by atoms with Gasteiger partial charge in [0.1, 0.15) is 4.90 Å². The first-order valence-corrected chi connectivity index (χ1v) is 10.6. The predicted octanol–water partition coefficient (Wildman–Crippen LogP) is 1.61. The van der Waals surface area contributed by atoms with Crippen LogP contribution in [0.3, 0.4) is 0 Å². The number of benzene rings is 2. The first kappa shape index (κ1) is 19.3. The molecule has 1 saturated heterocycles. The zero-order chi connectivity index (χ0) is 20.6. The van der Waals surface area contributed by atoms with E-state index in [-0.39, 0.29) is 10.8 Å². The summed E-state index contributed by atoms with van der Waals surface area (Å²) in [5, 5.41) is 0. The summed E-state index contributed by atoms with van der Waals surface area (Å²) < 4.78 is 39.2. The van der Waals surface area contributed by atoms with E-state index in [1.165, 1.54) is 14.2 Å². The third-order valence-electron chi connectivity index (χ3n) is 5.11. The van der Waals surface area contributed by atoms with Gasteiger partial charge in [-0.1, -0.05) is 18.2 Å². The zero-order valence-electron chi connectivity index (χ0n) is 16.2. The maximum absolute atomic E-state index is 13.0. The van der Waals surface area contributed by atoms with E-state index >= 15 is 0 Å². The number of methoxy groups -OCH3 is 2. The Balaban J connectivity index is 1.52. The van der Waals surface area contributed by atoms with Gasteiger partial charge < -0.3 is 19.3 Å². The molecule has 0 N–H and O–H groups in total. The number of piperazine rings is 1. The summed E-state index contributed by atoms with van der Waals surface area (Å²) in [5.74, 6) is 1.20. The van der Waals surface area contributed by atoms with Crippen LogP contribution in [0.4, 0.5) is 0 Å². The normalized spacial score (nSPS) is 17.5. The summed E-state index contributed by atoms with van der Waals surface area (Å²) in [5.41, 5.74) is 1.05. The van der Waals surface area contributed by atoms with Crippen LogP contribution in [0.1, 0.15) is 15.9 Å². The van der Waals surface area contributed by atoms with E-state index in [9.17, 15) is 13.2 Å². The van der Waals surface area contributed by atoms with Crippen molar-refractivity contribution in [3.8, 4) is 11.5 Å². The predicted molar refractivity (Wildman–Crippen MR) is 107 cm³/mol. The average Bonchev–Trinajstić information content (AvgIpc) is 3.04. The number of hydrogen-bond donors (Lipinski definition) is 0. The lowest BCUT2D eigenvalue weighted by Crippen LogP contribution is -2.50. The molecule has 0 aromatic heterocycles. The van der Waals surface area contributed by atoms with E-state index < -0.39 is 10.0 Å². The van der Waals surface area contributed by atoms with Gasteiger partial charge in [0.05, 0.1) is 19.8 Å². The fraction of sp³-hybridized carbons (Fsp3) is 0.300. The fourth-order valence-electron chi connectivity index (χ4n) is 3.66. The molecule has 0 aliphatic carbocycles. The quantitative estimate of drug-likeness (QED) is 0.757. The van der Waals surface area contributed by atoms with Crippen molar-refractivity contribution in [1.82, 2.24) is 9.80 Å². The van der Waals surface area contributed by atoms with Crippen LogP contribution in [0.5, 0.6) is 11.5 Å². The molecule has 0 radical (unpaired) electrons. The lowest BCUT2D eigenvalue weighted by atomic mass is 10.1. The van der Waals surface area contributed by atoms with Crippen LogP contribution in [0.2, 0.25) is 0 Å². The van der Waals surface area contributed by atoms with Crippen LogP contribution >= 0.6 is 0 Å². The molecule has 2 aliphatic heterocycles. The number of ether oxygens (including phenoxy) is 2. The maximum Gasteiger partial charge on any atom is 0.285 e. The van der Waals surface area contributed by atoms with Crippen molar-refractivity contribution in [2.45, 2.75) is 4.90 Å². The number of sulfonamides is 1. The van der Waals surface area contributed by atoms with Crippen LogP contribution in [-0.2, 0) is 10.0 Å². The molecule has 2 heterocycles. The molecule has 1 fully saturated rings. The van der Waals surface area contributed by atoms with Crippen LogP contribution in [0.25, 0.3) is 0 Å². The first-order chi connectivity index (χ1) is 14.0. The zero-order valence-corrected chi connectivity index (χ0v) is 17.0. The minimum Gasteiger partial charge on any atom is -0.493 e. The topological polar surface area (TPSA) is 88.5 Å². The third kappa shape index (κ3) is 3.31. The molecule has 0 saturated carbocycles. The molecule has 0 bridgehead atoms. The van der Waals surface area contributed by atoms with Gasteiger partial charge >= 0.3 is 0 Å². The molecular formula is C20H21N3O5S. The standard InChI is InChI=1S/C20H21N3O5S/c1-27-16-8-5-7-15(18(16)28-2)20(24)23-12-10-22(11-13-23)19-14-6-3-4-9-17(14)29(25,26)21-19/h3-9H,10-13H2,1-2H3. The van der Waals surface area contributed by atoms with Crippen molar-refractivity contribution in [3.05, 3.63) is 53.6 Å². The smallest absolute Gasteiger partial charge is 0.285 e. The number of amidine groups is 1. The van der Waals surface area contributed by atoms with E-state index in [0.29, 0.717) is 54.6 Å². The molecule has 8 nitrogen and oxygen atoms in total. The molecule has 0 atom stereocenters. The number of nitrogens with zero attached hydrogens (tertiary/aromatic N) is 3.